The number of hydrogen-bond acceptors (Lipinski definition) is 5. The molecule has 2 aliphatic rings. The molecule has 0 aromatic heterocycles. The number of carbonyl (C=O) groups excluding carboxylic acids is 1. The molecule has 0 spiro atoms. The van der Waals surface area contributed by atoms with Crippen molar-refractivity contribution in [1.82, 2.24) is 9.80 Å². The fraction of sp³-hybridized carbons (Fsp3) is 0.933. The lowest BCUT2D eigenvalue weighted by Gasteiger charge is -2.40. The second-order valence-electron chi connectivity index (χ2n) is 6.77. The van der Waals surface area contributed by atoms with Crippen LogP contribution in [0.3, 0.4) is 0 Å². The summed E-state index contributed by atoms with van der Waals surface area (Å²) in [5.41, 5.74) is 0. The fourth-order valence-electron chi connectivity index (χ4n) is 3.29. The topological polar surface area (TPSA) is 84.2 Å². The van der Waals surface area contributed by atoms with Crippen LogP contribution in [0.4, 0.5) is 0 Å². The number of aliphatic hydroxyl groups excluding tert-OH is 3. The maximum absolute atomic E-state index is 11.9. The van der Waals surface area contributed by atoms with E-state index in [9.17, 15) is 20.1 Å². The number of aliphatic hydroxyl groups is 3. The first-order valence-corrected chi connectivity index (χ1v) is 7.93. The third-order valence-electron chi connectivity index (χ3n) is 4.62. The third kappa shape index (κ3) is 4.16. The molecule has 3 N–H and O–H groups in total. The first-order chi connectivity index (χ1) is 9.88. The summed E-state index contributed by atoms with van der Waals surface area (Å²) in [6.07, 6.45) is -0.868. The van der Waals surface area contributed by atoms with E-state index in [0.29, 0.717) is 19.0 Å². The summed E-state index contributed by atoms with van der Waals surface area (Å²) in [5.74, 6) is 0.756. The van der Waals surface area contributed by atoms with Crippen molar-refractivity contribution in [2.24, 2.45) is 11.8 Å². The van der Waals surface area contributed by atoms with Gasteiger partial charge in [-0.2, -0.15) is 0 Å². The Labute approximate surface area is 126 Å². The molecule has 2 heterocycles. The predicted molar refractivity (Wildman–Crippen MR) is 78.6 cm³/mol. The smallest absolute Gasteiger partial charge is 0.225 e. The van der Waals surface area contributed by atoms with Crippen molar-refractivity contribution in [3.63, 3.8) is 0 Å². The van der Waals surface area contributed by atoms with E-state index >= 15 is 0 Å². The number of amides is 1. The molecule has 0 radical (unpaired) electrons. The molecule has 2 rings (SSSR count). The highest BCUT2D eigenvalue weighted by Crippen LogP contribution is 2.22. The Bertz CT molecular complexity index is 344. The van der Waals surface area contributed by atoms with E-state index in [0.717, 1.165) is 32.5 Å². The van der Waals surface area contributed by atoms with E-state index in [1.54, 1.807) is 0 Å². The van der Waals surface area contributed by atoms with Crippen molar-refractivity contribution in [1.29, 1.82) is 0 Å². The molecule has 2 aliphatic heterocycles. The van der Waals surface area contributed by atoms with Crippen molar-refractivity contribution < 1.29 is 20.1 Å². The maximum atomic E-state index is 11.9. The van der Waals surface area contributed by atoms with Gasteiger partial charge in [0.25, 0.3) is 0 Å². The summed E-state index contributed by atoms with van der Waals surface area (Å²) in [4.78, 5) is 15.9. The molecule has 2 fully saturated rings. The number of piperidine rings is 2. The van der Waals surface area contributed by atoms with Crippen molar-refractivity contribution in [2.75, 3.05) is 32.7 Å². The Hall–Kier alpha value is -0.690. The van der Waals surface area contributed by atoms with E-state index in [2.05, 4.69) is 0 Å². The fourth-order valence-corrected chi connectivity index (χ4v) is 3.29. The van der Waals surface area contributed by atoms with Gasteiger partial charge in [0.05, 0.1) is 12.2 Å². The highest BCUT2D eigenvalue weighted by Gasteiger charge is 2.34. The van der Waals surface area contributed by atoms with Crippen LogP contribution in [-0.2, 0) is 4.79 Å². The lowest BCUT2D eigenvalue weighted by molar-refractivity contribution is -0.136. The third-order valence-corrected chi connectivity index (χ3v) is 4.62. The highest BCUT2D eigenvalue weighted by molar-refractivity contribution is 5.78. The molecule has 0 bridgehead atoms. The van der Waals surface area contributed by atoms with Crippen LogP contribution in [0.15, 0.2) is 0 Å². The molecule has 0 aromatic rings. The van der Waals surface area contributed by atoms with Crippen molar-refractivity contribution in [3.05, 3.63) is 0 Å². The Balaban J connectivity index is 1.77. The van der Waals surface area contributed by atoms with Crippen LogP contribution in [0.25, 0.3) is 0 Å². The Kier molecular flexibility index (Phi) is 5.60. The van der Waals surface area contributed by atoms with Crippen LogP contribution in [0.1, 0.15) is 26.7 Å². The van der Waals surface area contributed by atoms with E-state index in [1.807, 2.05) is 23.6 Å². The van der Waals surface area contributed by atoms with Gasteiger partial charge >= 0.3 is 0 Å². The number of likely N-dealkylation sites (tertiary alicyclic amines) is 2. The van der Waals surface area contributed by atoms with Gasteiger partial charge in [0.1, 0.15) is 6.10 Å². The van der Waals surface area contributed by atoms with Crippen LogP contribution < -0.4 is 0 Å². The van der Waals surface area contributed by atoms with Crippen molar-refractivity contribution in [3.8, 4) is 0 Å². The molecule has 122 valence electrons. The van der Waals surface area contributed by atoms with Gasteiger partial charge in [-0.25, -0.2) is 0 Å². The van der Waals surface area contributed by atoms with Gasteiger partial charge in [-0.15, -0.1) is 0 Å². The summed E-state index contributed by atoms with van der Waals surface area (Å²) in [6, 6.07) is 0. The van der Waals surface area contributed by atoms with Crippen LogP contribution in [-0.4, -0.2) is 82.1 Å². The Morgan fingerprint density at radius 3 is 2.10 bits per heavy atom. The van der Waals surface area contributed by atoms with Gasteiger partial charge < -0.3 is 20.2 Å². The lowest BCUT2D eigenvalue weighted by Crippen LogP contribution is -2.56. The predicted octanol–water partition coefficient (Wildman–Crippen LogP) is -0.721. The van der Waals surface area contributed by atoms with Crippen LogP contribution in [0.2, 0.25) is 0 Å². The van der Waals surface area contributed by atoms with Crippen LogP contribution in [0.5, 0.6) is 0 Å². The van der Waals surface area contributed by atoms with E-state index in [1.165, 1.54) is 0 Å². The molecule has 6 heteroatoms. The average Bonchev–Trinajstić information content (AvgIpc) is 2.44. The first-order valence-electron chi connectivity index (χ1n) is 7.93. The lowest BCUT2D eigenvalue weighted by atomic mass is 9.93. The molecule has 0 saturated carbocycles. The Morgan fingerprint density at radius 1 is 1.10 bits per heavy atom. The number of hydrogen-bond donors (Lipinski definition) is 3. The van der Waals surface area contributed by atoms with Gasteiger partial charge in [0, 0.05) is 38.6 Å². The zero-order valence-corrected chi connectivity index (χ0v) is 13.0. The average molecular weight is 300 g/mol. The van der Waals surface area contributed by atoms with Crippen LogP contribution >= 0.6 is 0 Å². The van der Waals surface area contributed by atoms with Crippen molar-refractivity contribution in [2.45, 2.75) is 45.0 Å². The van der Waals surface area contributed by atoms with Gasteiger partial charge in [0.15, 0.2) is 0 Å². The van der Waals surface area contributed by atoms with Gasteiger partial charge in [0.2, 0.25) is 5.91 Å². The highest BCUT2D eigenvalue weighted by atomic mass is 16.4. The molecule has 21 heavy (non-hydrogen) atoms. The zero-order chi connectivity index (χ0) is 15.6. The molecule has 1 unspecified atom stereocenters. The largest absolute Gasteiger partial charge is 0.389 e. The van der Waals surface area contributed by atoms with Crippen LogP contribution in [0, 0.1) is 11.8 Å². The zero-order valence-electron chi connectivity index (χ0n) is 13.0. The van der Waals surface area contributed by atoms with Gasteiger partial charge in [-0.1, -0.05) is 13.8 Å². The summed E-state index contributed by atoms with van der Waals surface area (Å²) in [6.45, 7) is 7.07. The minimum Gasteiger partial charge on any atom is -0.389 e. The second-order valence-corrected chi connectivity index (χ2v) is 6.77. The van der Waals surface area contributed by atoms with Gasteiger partial charge in [-0.3, -0.25) is 9.69 Å². The molecule has 3 atom stereocenters. The number of β-amino-alcohol motifs (C(OH)–C–C–N with tert-alkyl or cyclic N) is 2. The normalized spacial score (nSPS) is 32.7. The van der Waals surface area contributed by atoms with E-state index in [-0.39, 0.29) is 11.8 Å². The molecule has 6 nitrogen and oxygen atoms in total. The molecular formula is C15H28N2O4. The second kappa shape index (κ2) is 7.05. The Morgan fingerprint density at radius 2 is 1.62 bits per heavy atom. The molecule has 1 amide bonds. The summed E-state index contributed by atoms with van der Waals surface area (Å²) in [7, 11) is 0. The molecule has 2 saturated heterocycles. The molecule has 0 aromatic carbocycles. The van der Waals surface area contributed by atoms with E-state index < -0.39 is 18.3 Å². The number of carbonyl (C=O) groups is 1. The monoisotopic (exact) mass is 300 g/mol. The minimum atomic E-state index is -1.04. The number of rotatable bonds is 3. The van der Waals surface area contributed by atoms with E-state index in [4.69, 9.17) is 0 Å². The summed E-state index contributed by atoms with van der Waals surface area (Å²) < 4.78 is 0. The molecular weight excluding hydrogens is 272 g/mol. The maximum Gasteiger partial charge on any atom is 0.225 e. The quantitative estimate of drug-likeness (QED) is 0.640. The summed E-state index contributed by atoms with van der Waals surface area (Å²) in [5, 5.41) is 29.0. The summed E-state index contributed by atoms with van der Waals surface area (Å²) >= 11 is 0. The standard InChI is InChI=1S/C15H28N2O4/c1-10(2)15(21)17-5-3-11(4-6-17)7-16-8-12(18)14(20)13(19)9-16/h10-14,18-20H,3-9H2,1-2H3/t12-,13+,14?. The van der Waals surface area contributed by atoms with Crippen molar-refractivity contribution >= 4 is 5.91 Å². The molecule has 0 aliphatic carbocycles. The van der Waals surface area contributed by atoms with Gasteiger partial charge in [-0.05, 0) is 18.8 Å². The SMILES string of the molecule is CC(C)C(=O)N1CCC(CN2C[C@@H](O)C(O)[C@@H](O)C2)CC1. The minimum absolute atomic E-state index is 0.0513. The number of nitrogens with zero attached hydrogens (tertiary/aromatic N) is 2. The first kappa shape index (κ1) is 16.7.